The van der Waals surface area contributed by atoms with Crippen molar-refractivity contribution in [2.75, 3.05) is 26.2 Å². The van der Waals surface area contributed by atoms with Crippen LogP contribution in [0.5, 0.6) is 0 Å². The molecule has 1 aromatic carbocycles. The topological polar surface area (TPSA) is 66.6 Å². The maximum absolute atomic E-state index is 12.4. The molecule has 6 heteroatoms. The Bertz CT molecular complexity index is 514. The van der Waals surface area contributed by atoms with Gasteiger partial charge in [0.2, 0.25) is 11.8 Å². The average molecular weight is 340 g/mol. The predicted octanol–water partition coefficient (Wildman–Crippen LogP) is 1.31. The van der Waals surface area contributed by atoms with Gasteiger partial charge in [-0.25, -0.2) is 0 Å². The van der Waals surface area contributed by atoms with Crippen molar-refractivity contribution >= 4 is 24.2 Å². The second-order valence-electron chi connectivity index (χ2n) is 6.10. The molecule has 0 spiro atoms. The van der Waals surface area contributed by atoms with Crippen molar-refractivity contribution in [1.82, 2.24) is 9.80 Å². The van der Waals surface area contributed by atoms with Crippen LogP contribution in [0.1, 0.15) is 19.4 Å². The minimum atomic E-state index is -0.519. The molecular weight excluding hydrogens is 314 g/mol. The maximum Gasteiger partial charge on any atom is 0.239 e. The van der Waals surface area contributed by atoms with E-state index in [1.54, 1.807) is 4.90 Å². The van der Waals surface area contributed by atoms with Gasteiger partial charge in [0, 0.05) is 32.1 Å². The van der Waals surface area contributed by atoms with Crippen LogP contribution in [0.3, 0.4) is 0 Å². The van der Waals surface area contributed by atoms with E-state index in [0.29, 0.717) is 32.6 Å². The van der Waals surface area contributed by atoms with Gasteiger partial charge in [0.25, 0.3) is 0 Å². The number of carbonyl (C=O) groups is 2. The molecule has 0 aromatic heterocycles. The summed E-state index contributed by atoms with van der Waals surface area (Å²) in [5.41, 5.74) is 7.12. The van der Waals surface area contributed by atoms with Crippen molar-refractivity contribution in [2.24, 2.45) is 11.7 Å². The van der Waals surface area contributed by atoms with E-state index in [2.05, 4.69) is 0 Å². The smallest absolute Gasteiger partial charge is 0.239 e. The van der Waals surface area contributed by atoms with Gasteiger partial charge in [-0.2, -0.15) is 0 Å². The second kappa shape index (κ2) is 8.89. The summed E-state index contributed by atoms with van der Waals surface area (Å²) in [4.78, 5) is 28.0. The Morgan fingerprint density at radius 2 is 1.48 bits per heavy atom. The molecule has 1 aliphatic rings. The Kier molecular flexibility index (Phi) is 7.52. The van der Waals surface area contributed by atoms with Crippen LogP contribution in [-0.4, -0.2) is 53.8 Å². The molecule has 1 saturated heterocycles. The number of hydrogen-bond donors (Lipinski definition) is 1. The summed E-state index contributed by atoms with van der Waals surface area (Å²) < 4.78 is 0. The molecule has 0 radical (unpaired) electrons. The van der Waals surface area contributed by atoms with Crippen LogP contribution < -0.4 is 5.73 Å². The molecule has 1 heterocycles. The molecule has 128 valence electrons. The van der Waals surface area contributed by atoms with Crippen LogP contribution in [0.25, 0.3) is 0 Å². The molecule has 2 amide bonds. The predicted molar refractivity (Wildman–Crippen MR) is 93.4 cm³/mol. The first-order valence-electron chi connectivity index (χ1n) is 7.86. The zero-order valence-corrected chi connectivity index (χ0v) is 14.6. The van der Waals surface area contributed by atoms with Gasteiger partial charge in [-0.05, 0) is 12.0 Å². The van der Waals surface area contributed by atoms with E-state index in [1.807, 2.05) is 49.1 Å². The quantitative estimate of drug-likeness (QED) is 0.899. The number of nitrogens with zero attached hydrogens (tertiary/aromatic N) is 2. The molecular formula is C17H26ClN3O2. The van der Waals surface area contributed by atoms with Crippen LogP contribution in [-0.2, 0) is 16.0 Å². The van der Waals surface area contributed by atoms with Gasteiger partial charge in [0.1, 0.15) is 0 Å². The molecule has 1 atom stereocenters. The number of hydrogen-bond acceptors (Lipinski definition) is 3. The van der Waals surface area contributed by atoms with E-state index < -0.39 is 6.04 Å². The highest BCUT2D eigenvalue weighted by Gasteiger charge is 2.27. The highest BCUT2D eigenvalue weighted by atomic mass is 35.5. The largest absolute Gasteiger partial charge is 0.339 e. The third-order valence-corrected chi connectivity index (χ3v) is 4.01. The number of benzene rings is 1. The highest BCUT2D eigenvalue weighted by Crippen LogP contribution is 2.10. The lowest BCUT2D eigenvalue weighted by Crippen LogP contribution is -2.55. The lowest BCUT2D eigenvalue weighted by atomic mass is 10.1. The summed E-state index contributed by atoms with van der Waals surface area (Å²) in [6.45, 7) is 6.13. The third-order valence-electron chi connectivity index (χ3n) is 4.01. The Morgan fingerprint density at radius 3 is 1.96 bits per heavy atom. The summed E-state index contributed by atoms with van der Waals surface area (Å²) in [5, 5.41) is 0. The molecule has 0 bridgehead atoms. The van der Waals surface area contributed by atoms with E-state index in [1.165, 1.54) is 0 Å². The number of carbonyl (C=O) groups excluding carboxylic acids is 2. The monoisotopic (exact) mass is 339 g/mol. The van der Waals surface area contributed by atoms with Gasteiger partial charge in [-0.1, -0.05) is 44.2 Å². The van der Waals surface area contributed by atoms with E-state index in [0.717, 1.165) is 5.56 Å². The van der Waals surface area contributed by atoms with E-state index >= 15 is 0 Å². The zero-order valence-electron chi connectivity index (χ0n) is 13.8. The third kappa shape index (κ3) is 5.22. The minimum absolute atomic E-state index is 0. The van der Waals surface area contributed by atoms with Crippen LogP contribution in [0.15, 0.2) is 30.3 Å². The number of nitrogens with two attached hydrogens (primary N) is 1. The summed E-state index contributed by atoms with van der Waals surface area (Å²) in [6, 6.07) is 9.28. The van der Waals surface area contributed by atoms with Crippen LogP contribution in [0.4, 0.5) is 0 Å². The normalized spacial score (nSPS) is 16.0. The molecule has 0 saturated carbocycles. The lowest BCUT2D eigenvalue weighted by molar-refractivity contribution is -0.142. The van der Waals surface area contributed by atoms with Gasteiger partial charge in [-0.3, -0.25) is 9.59 Å². The molecule has 2 N–H and O–H groups in total. The SMILES string of the molecule is CC(C)C(=O)N1CCN(C(=O)[C@@H](N)Cc2ccccc2)CC1.Cl. The molecule has 5 nitrogen and oxygen atoms in total. The summed E-state index contributed by atoms with van der Waals surface area (Å²) in [5.74, 6) is 0.128. The van der Waals surface area contributed by atoms with E-state index in [9.17, 15) is 9.59 Å². The van der Waals surface area contributed by atoms with Gasteiger partial charge >= 0.3 is 0 Å². The number of rotatable bonds is 4. The van der Waals surface area contributed by atoms with Crippen LogP contribution in [0, 0.1) is 5.92 Å². The van der Waals surface area contributed by atoms with Gasteiger partial charge < -0.3 is 15.5 Å². The molecule has 1 aromatic rings. The standard InChI is InChI=1S/C17H25N3O2.ClH/c1-13(2)16(21)19-8-10-20(11-9-19)17(22)15(18)12-14-6-4-3-5-7-14;/h3-7,13,15H,8-12,18H2,1-2H3;1H/t15-;/m0./s1. The number of halogens is 1. The highest BCUT2D eigenvalue weighted by molar-refractivity contribution is 5.85. The minimum Gasteiger partial charge on any atom is -0.339 e. The van der Waals surface area contributed by atoms with Crippen LogP contribution >= 0.6 is 12.4 Å². The Morgan fingerprint density at radius 1 is 1.00 bits per heavy atom. The van der Waals surface area contributed by atoms with Crippen molar-refractivity contribution in [3.8, 4) is 0 Å². The molecule has 0 unspecified atom stereocenters. The Balaban J connectivity index is 0.00000264. The second-order valence-corrected chi connectivity index (χ2v) is 6.10. The van der Waals surface area contributed by atoms with Crippen molar-refractivity contribution in [3.63, 3.8) is 0 Å². The van der Waals surface area contributed by atoms with E-state index in [-0.39, 0.29) is 30.1 Å². The van der Waals surface area contributed by atoms with Crippen molar-refractivity contribution in [1.29, 1.82) is 0 Å². The van der Waals surface area contributed by atoms with Gasteiger partial charge in [-0.15, -0.1) is 12.4 Å². The van der Waals surface area contributed by atoms with Crippen molar-refractivity contribution < 1.29 is 9.59 Å². The number of amides is 2. The maximum atomic E-state index is 12.4. The van der Waals surface area contributed by atoms with Crippen molar-refractivity contribution in [2.45, 2.75) is 26.3 Å². The molecule has 1 aliphatic heterocycles. The fourth-order valence-electron chi connectivity index (χ4n) is 2.70. The lowest BCUT2D eigenvalue weighted by Gasteiger charge is -2.36. The summed E-state index contributed by atoms with van der Waals surface area (Å²) in [7, 11) is 0. The summed E-state index contributed by atoms with van der Waals surface area (Å²) in [6.07, 6.45) is 0.546. The first kappa shape index (κ1) is 19.5. The fourth-order valence-corrected chi connectivity index (χ4v) is 2.70. The Hall–Kier alpha value is -1.59. The molecule has 23 heavy (non-hydrogen) atoms. The molecule has 1 fully saturated rings. The number of piperazine rings is 1. The molecule has 0 aliphatic carbocycles. The first-order chi connectivity index (χ1) is 10.5. The van der Waals surface area contributed by atoms with Gasteiger partial charge in [0.15, 0.2) is 0 Å². The van der Waals surface area contributed by atoms with E-state index in [4.69, 9.17) is 5.73 Å². The average Bonchev–Trinajstić information content (AvgIpc) is 2.54. The van der Waals surface area contributed by atoms with Crippen LogP contribution in [0.2, 0.25) is 0 Å². The zero-order chi connectivity index (χ0) is 16.1. The Labute approximate surface area is 144 Å². The van der Waals surface area contributed by atoms with Gasteiger partial charge in [0.05, 0.1) is 6.04 Å². The van der Waals surface area contributed by atoms with Crippen molar-refractivity contribution in [3.05, 3.63) is 35.9 Å². The molecule has 2 rings (SSSR count). The fraction of sp³-hybridized carbons (Fsp3) is 0.529. The summed E-state index contributed by atoms with van der Waals surface area (Å²) >= 11 is 0. The first-order valence-corrected chi connectivity index (χ1v) is 7.86.